The Morgan fingerprint density at radius 3 is 2.30 bits per heavy atom. The Labute approximate surface area is 200 Å². The number of aliphatic imine (C=N–C) groups is 1. The van der Waals surface area contributed by atoms with Crippen LogP contribution in [0.15, 0.2) is 89.9 Å². The maximum Gasteiger partial charge on any atom is 0.214 e. The number of aliphatic hydroxyl groups is 1. The van der Waals surface area contributed by atoms with E-state index in [1.54, 1.807) is 0 Å². The monoisotopic (exact) mass is 465 g/mol. The number of ether oxygens (including phenoxy) is 1. The van der Waals surface area contributed by atoms with Gasteiger partial charge >= 0.3 is 0 Å². The minimum absolute atomic E-state index is 0. The average molecular weight is 466 g/mol. The highest BCUT2D eigenvalue weighted by Gasteiger charge is 2.05. The largest absolute Gasteiger partial charge is 0.491 e. The highest BCUT2D eigenvalue weighted by molar-refractivity contribution is 5.96. The fourth-order valence-electron chi connectivity index (χ4n) is 2.93. The zero-order chi connectivity index (χ0) is 22.4. The summed E-state index contributed by atoms with van der Waals surface area (Å²) in [5.74, 6) is 1.11. The highest BCUT2D eigenvalue weighted by Crippen LogP contribution is 2.14. The second-order valence-corrected chi connectivity index (χ2v) is 7.09. The van der Waals surface area contributed by atoms with Crippen molar-refractivity contribution in [2.75, 3.05) is 25.0 Å². The van der Waals surface area contributed by atoms with E-state index >= 15 is 0 Å². The molecule has 0 amide bonds. The predicted octanol–water partition coefficient (Wildman–Crippen LogP) is 3.85. The van der Waals surface area contributed by atoms with Crippen molar-refractivity contribution < 1.29 is 9.84 Å². The van der Waals surface area contributed by atoms with Gasteiger partial charge in [0.1, 0.15) is 18.5 Å². The van der Waals surface area contributed by atoms with Gasteiger partial charge in [-0.1, -0.05) is 48.5 Å². The summed E-state index contributed by atoms with van der Waals surface area (Å²) in [5, 5.41) is 27.9. The topological polar surface area (TPSA) is 102 Å². The van der Waals surface area contributed by atoms with Gasteiger partial charge in [0.25, 0.3) is 0 Å². The zero-order valence-electron chi connectivity index (χ0n) is 18.1. The molecule has 33 heavy (non-hydrogen) atoms. The summed E-state index contributed by atoms with van der Waals surface area (Å²) in [7, 11) is 0. The third-order valence-electron chi connectivity index (χ3n) is 4.54. The molecule has 172 valence electrons. The molecule has 8 heteroatoms. The lowest BCUT2D eigenvalue weighted by Crippen LogP contribution is -2.32. The van der Waals surface area contributed by atoms with E-state index in [2.05, 4.69) is 20.9 Å². The molecule has 3 aromatic carbocycles. The van der Waals surface area contributed by atoms with Crippen LogP contribution in [0.1, 0.15) is 5.56 Å². The van der Waals surface area contributed by atoms with Crippen molar-refractivity contribution in [1.29, 1.82) is 5.26 Å². The quantitative estimate of drug-likeness (QED) is 0.119. The number of benzene rings is 3. The Kier molecular flexibility index (Phi) is 11.3. The van der Waals surface area contributed by atoms with Crippen LogP contribution in [0.2, 0.25) is 0 Å². The number of nitriles is 1. The number of hydrogen-bond donors (Lipinski definition) is 4. The number of guanidine groups is 1. The van der Waals surface area contributed by atoms with Gasteiger partial charge in [0.05, 0.1) is 5.69 Å². The van der Waals surface area contributed by atoms with Gasteiger partial charge in [-0.25, -0.2) is 4.99 Å². The molecule has 7 nitrogen and oxygen atoms in total. The molecule has 0 radical (unpaired) electrons. The van der Waals surface area contributed by atoms with Crippen molar-refractivity contribution in [2.45, 2.75) is 12.5 Å². The molecule has 0 saturated carbocycles. The molecular weight excluding hydrogens is 438 g/mol. The first-order valence-corrected chi connectivity index (χ1v) is 10.4. The molecule has 1 atom stereocenters. The minimum atomic E-state index is -0.574. The molecule has 0 heterocycles. The number of aliphatic hydroxyl groups excluding tert-OH is 1. The lowest BCUT2D eigenvalue weighted by molar-refractivity contribution is 0.106. The van der Waals surface area contributed by atoms with E-state index in [9.17, 15) is 5.11 Å². The molecule has 0 aliphatic heterocycles. The fourth-order valence-corrected chi connectivity index (χ4v) is 2.93. The summed E-state index contributed by atoms with van der Waals surface area (Å²) in [4.78, 5) is 4.46. The Hall–Kier alpha value is -3.57. The van der Waals surface area contributed by atoms with Crippen molar-refractivity contribution in [3.63, 3.8) is 0 Å². The Balaban J connectivity index is 0.00000385. The van der Waals surface area contributed by atoms with E-state index in [1.807, 2.05) is 91.1 Å². The van der Waals surface area contributed by atoms with Crippen molar-refractivity contribution in [1.82, 2.24) is 10.6 Å². The Morgan fingerprint density at radius 2 is 1.64 bits per heavy atom. The smallest absolute Gasteiger partial charge is 0.214 e. The first-order valence-electron chi connectivity index (χ1n) is 10.4. The first kappa shape index (κ1) is 25.7. The van der Waals surface area contributed by atoms with Crippen LogP contribution < -0.4 is 20.7 Å². The summed E-state index contributed by atoms with van der Waals surface area (Å²) >= 11 is 0. The van der Waals surface area contributed by atoms with Gasteiger partial charge in [0.15, 0.2) is 6.19 Å². The molecule has 0 aliphatic rings. The van der Waals surface area contributed by atoms with Crippen LogP contribution in [0.4, 0.5) is 11.4 Å². The highest BCUT2D eigenvalue weighted by atomic mass is 35.5. The van der Waals surface area contributed by atoms with E-state index in [0.717, 1.165) is 35.7 Å². The summed E-state index contributed by atoms with van der Waals surface area (Å²) in [5.41, 5.74) is 2.72. The summed E-state index contributed by atoms with van der Waals surface area (Å²) in [6, 6.07) is 26.8. The van der Waals surface area contributed by atoms with Crippen LogP contribution in [-0.2, 0) is 6.42 Å². The molecule has 0 fully saturated rings. The average Bonchev–Trinajstić information content (AvgIpc) is 2.83. The van der Waals surface area contributed by atoms with Crippen LogP contribution in [0, 0.1) is 11.5 Å². The standard InChI is InChI=1S/C25H27N5O2.ClH/c26-19-28-25(29-21-7-3-1-4-8-21)30-22-13-11-20(12-14-22)15-16-27-17-23(31)18-32-24-9-5-2-6-10-24;/h1-14,23,27,31H,15-18H2,(H2,28,29,30);1H/t23-;/m0./s1. The van der Waals surface area contributed by atoms with Gasteiger partial charge in [-0.05, 0) is 54.9 Å². The second kappa shape index (κ2) is 14.5. The van der Waals surface area contributed by atoms with Crippen LogP contribution in [0.3, 0.4) is 0 Å². The molecule has 3 rings (SSSR count). The molecule has 0 aromatic heterocycles. The summed E-state index contributed by atoms with van der Waals surface area (Å²) in [6.45, 7) is 1.45. The maximum atomic E-state index is 10.0. The number of nitrogens with one attached hydrogen (secondary N) is 3. The number of anilines is 1. The summed E-state index contributed by atoms with van der Waals surface area (Å²) in [6.07, 6.45) is 2.15. The van der Waals surface area contributed by atoms with E-state index in [4.69, 9.17) is 10.00 Å². The third kappa shape index (κ3) is 9.62. The van der Waals surface area contributed by atoms with Gasteiger partial charge in [-0.15, -0.1) is 12.4 Å². The van der Waals surface area contributed by atoms with Crippen molar-refractivity contribution in [3.05, 3.63) is 90.5 Å². The van der Waals surface area contributed by atoms with Crippen LogP contribution >= 0.6 is 12.4 Å². The third-order valence-corrected chi connectivity index (χ3v) is 4.54. The maximum absolute atomic E-state index is 10.0. The molecule has 4 N–H and O–H groups in total. The molecule has 0 aliphatic carbocycles. The van der Waals surface area contributed by atoms with E-state index in [1.165, 1.54) is 0 Å². The first-order chi connectivity index (χ1) is 15.7. The minimum Gasteiger partial charge on any atom is -0.491 e. The van der Waals surface area contributed by atoms with Crippen LogP contribution in [0.5, 0.6) is 5.75 Å². The zero-order valence-corrected chi connectivity index (χ0v) is 19.0. The molecule has 0 unspecified atom stereocenters. The SMILES string of the molecule is Cl.N#CNC(=Nc1ccc(CCNC[C@H](O)COc2ccccc2)cc1)Nc1ccccc1. The lowest BCUT2D eigenvalue weighted by Gasteiger charge is -2.13. The van der Waals surface area contributed by atoms with Crippen LogP contribution in [0.25, 0.3) is 0 Å². The van der Waals surface area contributed by atoms with E-state index < -0.39 is 6.10 Å². The summed E-state index contributed by atoms with van der Waals surface area (Å²) < 4.78 is 5.55. The number of nitrogens with zero attached hydrogens (tertiary/aromatic N) is 2. The van der Waals surface area contributed by atoms with Crippen molar-refractivity contribution >= 4 is 29.7 Å². The molecule has 3 aromatic rings. The molecule has 0 saturated heterocycles. The Morgan fingerprint density at radius 1 is 0.970 bits per heavy atom. The fraction of sp³-hybridized carbons (Fsp3) is 0.200. The molecule has 0 bridgehead atoms. The number of halogens is 1. The number of rotatable bonds is 10. The van der Waals surface area contributed by atoms with E-state index in [0.29, 0.717) is 12.5 Å². The normalized spacial score (nSPS) is 11.6. The number of hydrogen-bond acceptors (Lipinski definition) is 5. The predicted molar refractivity (Wildman–Crippen MR) is 134 cm³/mol. The molecular formula is C25H28ClN5O2. The van der Waals surface area contributed by atoms with Crippen molar-refractivity contribution in [3.8, 4) is 11.9 Å². The van der Waals surface area contributed by atoms with Gasteiger partial charge in [0, 0.05) is 12.2 Å². The van der Waals surface area contributed by atoms with Crippen LogP contribution in [-0.4, -0.2) is 36.9 Å². The van der Waals surface area contributed by atoms with Gasteiger partial charge in [-0.3, -0.25) is 5.32 Å². The van der Waals surface area contributed by atoms with Gasteiger partial charge in [0.2, 0.25) is 5.96 Å². The van der Waals surface area contributed by atoms with Gasteiger partial charge < -0.3 is 20.5 Å². The number of para-hydroxylation sites is 2. The second-order valence-electron chi connectivity index (χ2n) is 7.09. The lowest BCUT2D eigenvalue weighted by atomic mass is 10.1. The molecule has 0 spiro atoms. The van der Waals surface area contributed by atoms with Gasteiger partial charge in [-0.2, -0.15) is 5.26 Å². The van der Waals surface area contributed by atoms with Crippen molar-refractivity contribution in [2.24, 2.45) is 4.99 Å². The van der Waals surface area contributed by atoms with E-state index in [-0.39, 0.29) is 19.0 Å². The Bertz CT molecular complexity index is 1010.